The van der Waals surface area contributed by atoms with E-state index >= 15 is 0 Å². The molecule has 0 saturated carbocycles. The van der Waals surface area contributed by atoms with E-state index in [9.17, 15) is 4.79 Å². The molecule has 8 heteroatoms. The van der Waals surface area contributed by atoms with Gasteiger partial charge >= 0.3 is 0 Å². The van der Waals surface area contributed by atoms with Crippen LogP contribution in [0.1, 0.15) is 25.7 Å². The highest BCUT2D eigenvalue weighted by molar-refractivity contribution is 6.27. The Kier molecular flexibility index (Phi) is 4.99. The van der Waals surface area contributed by atoms with Gasteiger partial charge in [0.1, 0.15) is 11.7 Å². The Balaban J connectivity index is 1.65. The Morgan fingerprint density at radius 2 is 2.04 bits per heavy atom. The lowest BCUT2D eigenvalue weighted by atomic mass is 10.2. The highest BCUT2D eigenvalue weighted by Crippen LogP contribution is 2.21. The molecule has 7 nitrogen and oxygen atoms in total. The van der Waals surface area contributed by atoms with E-state index in [-0.39, 0.29) is 17.7 Å². The van der Waals surface area contributed by atoms with Crippen molar-refractivity contribution in [2.45, 2.75) is 19.8 Å². The van der Waals surface area contributed by atoms with Crippen molar-refractivity contribution in [1.29, 1.82) is 0 Å². The molecule has 0 spiro atoms. The fourth-order valence-corrected chi connectivity index (χ4v) is 2.73. The summed E-state index contributed by atoms with van der Waals surface area (Å²) in [4.78, 5) is 24.4. The minimum absolute atomic E-state index is 0.0160. The molecular weight excluding hydrogens is 330 g/mol. The lowest BCUT2D eigenvalue weighted by molar-refractivity contribution is -0.128. The normalized spacial score (nSPS) is 15.2. The molecule has 1 saturated heterocycles. The van der Waals surface area contributed by atoms with Gasteiger partial charge in [-0.1, -0.05) is 19.0 Å². The van der Waals surface area contributed by atoms with Crippen molar-refractivity contribution >= 4 is 23.3 Å². The highest BCUT2D eigenvalue weighted by atomic mass is 35.5. The van der Waals surface area contributed by atoms with Crippen molar-refractivity contribution in [3.63, 3.8) is 0 Å². The van der Waals surface area contributed by atoms with Crippen LogP contribution in [0.3, 0.4) is 0 Å². The minimum atomic E-state index is -0.0160. The Labute approximate surface area is 145 Å². The molecular formula is C16H20ClN5O2. The summed E-state index contributed by atoms with van der Waals surface area (Å²) < 4.78 is 5.22. The summed E-state index contributed by atoms with van der Waals surface area (Å²) in [6.45, 7) is 6.83. The monoisotopic (exact) mass is 349 g/mol. The van der Waals surface area contributed by atoms with Crippen molar-refractivity contribution in [3.8, 4) is 11.4 Å². The number of carbonyl (C=O) groups is 1. The van der Waals surface area contributed by atoms with Gasteiger partial charge in [-0.05, 0) is 12.1 Å². The molecule has 1 fully saturated rings. The molecule has 0 N–H and O–H groups in total. The number of alkyl halides is 1. The first-order valence-electron chi connectivity index (χ1n) is 7.97. The number of hydrogen-bond acceptors (Lipinski definition) is 6. The quantitative estimate of drug-likeness (QED) is 0.787. The van der Waals surface area contributed by atoms with Gasteiger partial charge in [0.15, 0.2) is 0 Å². The van der Waals surface area contributed by atoms with Crippen LogP contribution in [-0.4, -0.2) is 58.0 Å². The Morgan fingerprint density at radius 1 is 1.29 bits per heavy atom. The van der Waals surface area contributed by atoms with Gasteiger partial charge in [0.05, 0.1) is 0 Å². The summed E-state index contributed by atoms with van der Waals surface area (Å²) in [7, 11) is 0. The molecule has 3 rings (SSSR count). The first kappa shape index (κ1) is 16.7. The van der Waals surface area contributed by atoms with Crippen molar-refractivity contribution in [1.82, 2.24) is 20.0 Å². The van der Waals surface area contributed by atoms with Crippen molar-refractivity contribution in [3.05, 3.63) is 24.2 Å². The second-order valence-electron chi connectivity index (χ2n) is 6.02. The zero-order valence-corrected chi connectivity index (χ0v) is 14.5. The van der Waals surface area contributed by atoms with E-state index in [1.165, 1.54) is 0 Å². The summed E-state index contributed by atoms with van der Waals surface area (Å²) >= 11 is 5.60. The summed E-state index contributed by atoms with van der Waals surface area (Å²) in [5.41, 5.74) is 0.824. The molecule has 2 aromatic rings. The molecule has 0 atom stereocenters. The van der Waals surface area contributed by atoms with Gasteiger partial charge in [0.2, 0.25) is 17.6 Å². The number of nitrogens with zero attached hydrogens (tertiary/aromatic N) is 5. The molecule has 0 unspecified atom stereocenters. The standard InChI is InChI=1S/C16H20ClN5O2/c1-11(2)16-19-15(20-24-16)12-3-4-13(18-10-12)21-5-7-22(8-6-21)14(23)9-17/h3-4,10-11H,5-9H2,1-2H3. The third-order valence-electron chi connectivity index (χ3n) is 4.01. The second kappa shape index (κ2) is 7.17. The van der Waals surface area contributed by atoms with E-state index in [0.29, 0.717) is 24.8 Å². The minimum Gasteiger partial charge on any atom is -0.353 e. The number of piperazine rings is 1. The lowest BCUT2D eigenvalue weighted by Gasteiger charge is -2.35. The van der Waals surface area contributed by atoms with Crippen LogP contribution in [0.15, 0.2) is 22.9 Å². The summed E-state index contributed by atoms with van der Waals surface area (Å²) in [6, 6.07) is 3.88. The third-order valence-corrected chi connectivity index (χ3v) is 4.24. The largest absolute Gasteiger partial charge is 0.353 e. The van der Waals surface area contributed by atoms with Gasteiger partial charge in [-0.3, -0.25) is 4.79 Å². The van der Waals surface area contributed by atoms with Crippen LogP contribution in [0.25, 0.3) is 11.4 Å². The summed E-state index contributed by atoms with van der Waals surface area (Å²) in [5.74, 6) is 2.27. The van der Waals surface area contributed by atoms with Crippen LogP contribution in [0.4, 0.5) is 5.82 Å². The average Bonchev–Trinajstić information content (AvgIpc) is 3.12. The molecule has 2 aromatic heterocycles. The maximum absolute atomic E-state index is 11.6. The number of aromatic nitrogens is 3. The Morgan fingerprint density at radius 3 is 2.58 bits per heavy atom. The van der Waals surface area contributed by atoms with Crippen LogP contribution in [0.2, 0.25) is 0 Å². The van der Waals surface area contributed by atoms with E-state index in [4.69, 9.17) is 16.1 Å². The lowest BCUT2D eigenvalue weighted by Crippen LogP contribution is -2.49. The Bertz CT molecular complexity index is 693. The zero-order chi connectivity index (χ0) is 17.1. The van der Waals surface area contributed by atoms with Gasteiger partial charge in [-0.15, -0.1) is 11.6 Å². The average molecular weight is 350 g/mol. The maximum Gasteiger partial charge on any atom is 0.237 e. The van der Waals surface area contributed by atoms with Gasteiger partial charge in [-0.2, -0.15) is 4.98 Å². The summed E-state index contributed by atoms with van der Waals surface area (Å²) in [6.07, 6.45) is 1.75. The van der Waals surface area contributed by atoms with E-state index in [2.05, 4.69) is 20.0 Å². The fourth-order valence-electron chi connectivity index (χ4n) is 2.56. The fraction of sp³-hybridized carbons (Fsp3) is 0.500. The third kappa shape index (κ3) is 3.51. The molecule has 0 radical (unpaired) electrons. The number of halogens is 1. The molecule has 24 heavy (non-hydrogen) atoms. The smallest absolute Gasteiger partial charge is 0.237 e. The molecule has 128 valence electrons. The predicted molar refractivity (Wildman–Crippen MR) is 91.1 cm³/mol. The predicted octanol–water partition coefficient (Wildman–Crippen LogP) is 2.14. The molecule has 1 aliphatic rings. The first-order chi connectivity index (χ1) is 11.6. The van der Waals surface area contributed by atoms with Crippen LogP contribution >= 0.6 is 11.6 Å². The van der Waals surface area contributed by atoms with Crippen molar-refractivity contribution < 1.29 is 9.32 Å². The van der Waals surface area contributed by atoms with E-state index in [0.717, 1.165) is 24.5 Å². The Hall–Kier alpha value is -2.15. The maximum atomic E-state index is 11.6. The van der Waals surface area contributed by atoms with Crippen molar-refractivity contribution in [2.24, 2.45) is 0 Å². The molecule has 0 aromatic carbocycles. The van der Waals surface area contributed by atoms with Gasteiger partial charge in [-0.25, -0.2) is 4.98 Å². The van der Waals surface area contributed by atoms with Gasteiger partial charge in [0.25, 0.3) is 0 Å². The summed E-state index contributed by atoms with van der Waals surface area (Å²) in [5, 5.41) is 3.99. The van der Waals surface area contributed by atoms with Crippen LogP contribution in [-0.2, 0) is 4.79 Å². The number of amides is 1. The van der Waals surface area contributed by atoms with Gasteiger partial charge in [0, 0.05) is 43.9 Å². The molecule has 3 heterocycles. The number of carbonyl (C=O) groups excluding carboxylic acids is 1. The molecule has 0 bridgehead atoms. The van der Waals surface area contributed by atoms with Gasteiger partial charge < -0.3 is 14.3 Å². The number of pyridine rings is 1. The molecule has 1 amide bonds. The van der Waals surface area contributed by atoms with E-state index in [1.807, 2.05) is 26.0 Å². The van der Waals surface area contributed by atoms with E-state index in [1.54, 1.807) is 11.1 Å². The van der Waals surface area contributed by atoms with Crippen LogP contribution < -0.4 is 4.90 Å². The second-order valence-corrected chi connectivity index (χ2v) is 6.28. The SMILES string of the molecule is CC(C)c1nc(-c2ccc(N3CCN(C(=O)CCl)CC3)nc2)no1. The molecule has 0 aliphatic carbocycles. The van der Waals surface area contributed by atoms with E-state index < -0.39 is 0 Å². The zero-order valence-electron chi connectivity index (χ0n) is 13.8. The number of anilines is 1. The number of rotatable bonds is 4. The van der Waals surface area contributed by atoms with Crippen molar-refractivity contribution in [2.75, 3.05) is 37.0 Å². The topological polar surface area (TPSA) is 75.4 Å². The highest BCUT2D eigenvalue weighted by Gasteiger charge is 2.21. The molecule has 1 aliphatic heterocycles. The van der Waals surface area contributed by atoms with Crippen LogP contribution in [0.5, 0.6) is 0 Å². The number of hydrogen-bond donors (Lipinski definition) is 0. The van der Waals surface area contributed by atoms with Crippen LogP contribution in [0, 0.1) is 0 Å². The first-order valence-corrected chi connectivity index (χ1v) is 8.50.